The minimum absolute atomic E-state index is 0.279. The molecule has 3 nitrogen and oxygen atoms in total. The predicted molar refractivity (Wildman–Crippen MR) is 66.9 cm³/mol. The average Bonchev–Trinajstić information content (AvgIpc) is 2.69. The standard InChI is InChI=1S/C14H15NO2/c1-3-10-14(4-2)13(16)17-12(15-14)11-8-6-5-7-9-11/h3,5-9H,1,4,10H2,2H3/t14-/m1/s1. The highest BCUT2D eigenvalue weighted by Crippen LogP contribution is 2.30. The van der Waals surface area contributed by atoms with Gasteiger partial charge in [0.1, 0.15) is 0 Å². The highest BCUT2D eigenvalue weighted by atomic mass is 16.6. The topological polar surface area (TPSA) is 38.7 Å². The number of cyclic esters (lactones) is 1. The maximum absolute atomic E-state index is 11.9. The first-order chi connectivity index (χ1) is 8.22. The second kappa shape index (κ2) is 4.53. The van der Waals surface area contributed by atoms with E-state index in [9.17, 15) is 4.79 Å². The number of benzene rings is 1. The lowest BCUT2D eigenvalue weighted by molar-refractivity contribution is -0.139. The first-order valence-electron chi connectivity index (χ1n) is 5.70. The van der Waals surface area contributed by atoms with Gasteiger partial charge >= 0.3 is 5.97 Å². The van der Waals surface area contributed by atoms with Crippen LogP contribution in [0.3, 0.4) is 0 Å². The van der Waals surface area contributed by atoms with Crippen LogP contribution in [0.15, 0.2) is 48.0 Å². The van der Waals surface area contributed by atoms with Gasteiger partial charge < -0.3 is 4.74 Å². The molecule has 0 aliphatic carbocycles. The molecule has 0 aromatic heterocycles. The van der Waals surface area contributed by atoms with Crippen molar-refractivity contribution in [1.82, 2.24) is 0 Å². The van der Waals surface area contributed by atoms with Crippen LogP contribution in [0.5, 0.6) is 0 Å². The molecule has 0 spiro atoms. The smallest absolute Gasteiger partial charge is 0.341 e. The number of rotatable bonds is 4. The zero-order valence-electron chi connectivity index (χ0n) is 9.85. The van der Waals surface area contributed by atoms with E-state index in [2.05, 4.69) is 11.6 Å². The van der Waals surface area contributed by atoms with Gasteiger partial charge in [-0.25, -0.2) is 9.79 Å². The molecule has 17 heavy (non-hydrogen) atoms. The van der Waals surface area contributed by atoms with Crippen molar-refractivity contribution < 1.29 is 9.53 Å². The summed E-state index contributed by atoms with van der Waals surface area (Å²) in [5.74, 6) is 0.137. The molecule has 3 heteroatoms. The van der Waals surface area contributed by atoms with Gasteiger partial charge in [0.25, 0.3) is 0 Å². The summed E-state index contributed by atoms with van der Waals surface area (Å²) in [7, 11) is 0. The molecule has 0 bridgehead atoms. The third-order valence-electron chi connectivity index (χ3n) is 2.97. The van der Waals surface area contributed by atoms with Crippen LogP contribution in [-0.4, -0.2) is 17.4 Å². The summed E-state index contributed by atoms with van der Waals surface area (Å²) in [6.45, 7) is 5.61. The molecule has 1 aliphatic rings. The summed E-state index contributed by atoms with van der Waals surface area (Å²) in [4.78, 5) is 16.4. The highest BCUT2D eigenvalue weighted by Gasteiger charge is 2.43. The van der Waals surface area contributed by atoms with Crippen LogP contribution in [-0.2, 0) is 9.53 Å². The number of carbonyl (C=O) groups is 1. The molecular formula is C14H15NO2. The number of carbonyl (C=O) groups excluding carboxylic acids is 1. The quantitative estimate of drug-likeness (QED) is 0.588. The summed E-state index contributed by atoms with van der Waals surface area (Å²) < 4.78 is 5.27. The fourth-order valence-corrected chi connectivity index (χ4v) is 1.89. The van der Waals surface area contributed by atoms with E-state index < -0.39 is 5.54 Å². The van der Waals surface area contributed by atoms with Crippen molar-refractivity contribution in [1.29, 1.82) is 0 Å². The van der Waals surface area contributed by atoms with Crippen LogP contribution >= 0.6 is 0 Å². The third kappa shape index (κ3) is 2.00. The largest absolute Gasteiger partial charge is 0.405 e. The highest BCUT2D eigenvalue weighted by molar-refractivity contribution is 6.07. The van der Waals surface area contributed by atoms with Crippen LogP contribution < -0.4 is 0 Å². The van der Waals surface area contributed by atoms with E-state index in [-0.39, 0.29) is 5.97 Å². The molecule has 0 N–H and O–H groups in total. The van der Waals surface area contributed by atoms with Crippen molar-refractivity contribution in [2.75, 3.05) is 0 Å². The third-order valence-corrected chi connectivity index (χ3v) is 2.97. The minimum Gasteiger partial charge on any atom is -0.405 e. The molecular weight excluding hydrogens is 214 g/mol. The van der Waals surface area contributed by atoms with Crippen molar-refractivity contribution in [2.45, 2.75) is 25.3 Å². The average molecular weight is 229 g/mol. The Morgan fingerprint density at radius 3 is 2.71 bits per heavy atom. The van der Waals surface area contributed by atoms with Gasteiger partial charge in [-0.1, -0.05) is 31.2 Å². The Balaban J connectivity index is 2.36. The molecule has 2 rings (SSSR count). The number of hydrogen-bond acceptors (Lipinski definition) is 3. The molecule has 1 heterocycles. The van der Waals surface area contributed by atoms with Crippen LogP contribution in [0.4, 0.5) is 0 Å². The van der Waals surface area contributed by atoms with E-state index in [4.69, 9.17) is 4.74 Å². The molecule has 1 atom stereocenters. The maximum Gasteiger partial charge on any atom is 0.341 e. The first-order valence-corrected chi connectivity index (χ1v) is 5.70. The van der Waals surface area contributed by atoms with E-state index in [1.54, 1.807) is 6.08 Å². The van der Waals surface area contributed by atoms with E-state index in [1.165, 1.54) is 0 Å². The van der Waals surface area contributed by atoms with Gasteiger partial charge in [-0.05, 0) is 18.6 Å². The fraction of sp³-hybridized carbons (Fsp3) is 0.286. The molecule has 0 saturated heterocycles. The van der Waals surface area contributed by atoms with Crippen LogP contribution in [0.1, 0.15) is 25.3 Å². The summed E-state index contributed by atoms with van der Waals surface area (Å²) in [5.41, 5.74) is 0.0626. The summed E-state index contributed by atoms with van der Waals surface area (Å²) in [6.07, 6.45) is 2.84. The Morgan fingerprint density at radius 1 is 1.41 bits per heavy atom. The molecule has 0 fully saturated rings. The summed E-state index contributed by atoms with van der Waals surface area (Å²) >= 11 is 0. The van der Waals surface area contributed by atoms with Crippen molar-refractivity contribution in [2.24, 2.45) is 4.99 Å². The number of aliphatic imine (C=N–C) groups is 1. The Kier molecular flexibility index (Phi) is 3.09. The minimum atomic E-state index is -0.771. The van der Waals surface area contributed by atoms with Crippen molar-refractivity contribution >= 4 is 11.9 Å². The lowest BCUT2D eigenvalue weighted by atomic mass is 9.93. The molecule has 1 aromatic carbocycles. The SMILES string of the molecule is C=CC[C@@]1(CC)N=C(c2ccccc2)OC1=O. The fourth-order valence-electron chi connectivity index (χ4n) is 1.89. The zero-order valence-corrected chi connectivity index (χ0v) is 9.85. The number of ether oxygens (including phenoxy) is 1. The van der Waals surface area contributed by atoms with Gasteiger partial charge in [-0.3, -0.25) is 0 Å². The summed E-state index contributed by atoms with van der Waals surface area (Å²) in [6, 6.07) is 9.46. The van der Waals surface area contributed by atoms with E-state index in [1.807, 2.05) is 37.3 Å². The second-order valence-electron chi connectivity index (χ2n) is 4.05. The maximum atomic E-state index is 11.9. The Morgan fingerprint density at radius 2 is 2.12 bits per heavy atom. The molecule has 88 valence electrons. The van der Waals surface area contributed by atoms with Gasteiger partial charge in [0, 0.05) is 12.0 Å². The summed E-state index contributed by atoms with van der Waals surface area (Å²) in [5, 5.41) is 0. The van der Waals surface area contributed by atoms with E-state index in [0.717, 1.165) is 5.56 Å². The monoisotopic (exact) mass is 229 g/mol. The molecule has 0 amide bonds. The Labute approximate surface area is 101 Å². The zero-order chi connectivity index (χ0) is 12.3. The normalized spacial score (nSPS) is 23.1. The van der Waals surface area contributed by atoms with E-state index in [0.29, 0.717) is 18.7 Å². The predicted octanol–water partition coefficient (Wildman–Crippen LogP) is 2.71. The van der Waals surface area contributed by atoms with Crippen molar-refractivity contribution in [3.63, 3.8) is 0 Å². The van der Waals surface area contributed by atoms with Gasteiger partial charge in [0.15, 0.2) is 5.54 Å². The van der Waals surface area contributed by atoms with Crippen LogP contribution in [0.2, 0.25) is 0 Å². The molecule has 0 radical (unpaired) electrons. The lowest BCUT2D eigenvalue weighted by Gasteiger charge is -2.16. The number of nitrogens with zero attached hydrogens (tertiary/aromatic N) is 1. The first kappa shape index (κ1) is 11.6. The Hall–Kier alpha value is -1.90. The van der Waals surface area contributed by atoms with Gasteiger partial charge in [0.2, 0.25) is 5.90 Å². The second-order valence-corrected chi connectivity index (χ2v) is 4.05. The van der Waals surface area contributed by atoms with Crippen molar-refractivity contribution in [3.05, 3.63) is 48.6 Å². The van der Waals surface area contributed by atoms with Gasteiger partial charge in [-0.15, -0.1) is 6.58 Å². The molecule has 0 saturated carbocycles. The molecule has 1 aliphatic heterocycles. The van der Waals surface area contributed by atoms with Crippen molar-refractivity contribution in [3.8, 4) is 0 Å². The number of hydrogen-bond donors (Lipinski definition) is 0. The molecule has 0 unspecified atom stereocenters. The van der Waals surface area contributed by atoms with Crippen LogP contribution in [0, 0.1) is 0 Å². The van der Waals surface area contributed by atoms with E-state index >= 15 is 0 Å². The lowest BCUT2D eigenvalue weighted by Crippen LogP contribution is -2.32. The number of esters is 1. The van der Waals surface area contributed by atoms with Crippen LogP contribution in [0.25, 0.3) is 0 Å². The van der Waals surface area contributed by atoms with Gasteiger partial charge in [-0.2, -0.15) is 0 Å². The van der Waals surface area contributed by atoms with Gasteiger partial charge in [0.05, 0.1) is 0 Å². The molecule has 1 aromatic rings. The Bertz CT molecular complexity index is 464.